The third kappa shape index (κ3) is 4.79. The number of nitrogens with zero attached hydrogens (tertiary/aromatic N) is 1. The first-order valence-electron chi connectivity index (χ1n) is 7.21. The first kappa shape index (κ1) is 16.9. The fourth-order valence-electron chi connectivity index (χ4n) is 2.36. The molecule has 0 aliphatic carbocycles. The lowest BCUT2D eigenvalue weighted by Gasteiger charge is -2.30. The number of carbonyl (C=O) groups is 1. The number of ether oxygens (including phenoxy) is 2. The van der Waals surface area contributed by atoms with Crippen molar-refractivity contribution in [2.24, 2.45) is 0 Å². The molecule has 0 radical (unpaired) electrons. The Hall–Kier alpha value is -1.44. The van der Waals surface area contributed by atoms with Gasteiger partial charge in [0.25, 0.3) is 0 Å². The maximum absolute atomic E-state index is 12.0. The summed E-state index contributed by atoms with van der Waals surface area (Å²) in [5.74, 6) is -1.33. The summed E-state index contributed by atoms with van der Waals surface area (Å²) in [5, 5.41) is 0. The van der Waals surface area contributed by atoms with Crippen molar-refractivity contribution >= 4 is 16.0 Å². The lowest BCUT2D eigenvalue weighted by molar-refractivity contribution is -0.137. The Kier molecular flexibility index (Phi) is 5.93. The predicted octanol–water partition coefficient (Wildman–Crippen LogP) is 1.17. The van der Waals surface area contributed by atoms with Gasteiger partial charge in [0.1, 0.15) is 0 Å². The van der Waals surface area contributed by atoms with E-state index in [0.29, 0.717) is 32.5 Å². The highest BCUT2D eigenvalue weighted by molar-refractivity contribution is 7.89. The van der Waals surface area contributed by atoms with Gasteiger partial charge < -0.3 is 9.47 Å². The van der Waals surface area contributed by atoms with Crippen LogP contribution in [0.4, 0.5) is 0 Å². The Morgan fingerprint density at radius 2 is 1.86 bits per heavy atom. The summed E-state index contributed by atoms with van der Waals surface area (Å²) < 4.78 is 35.6. The van der Waals surface area contributed by atoms with Crippen molar-refractivity contribution in [2.75, 3.05) is 26.0 Å². The van der Waals surface area contributed by atoms with Crippen molar-refractivity contribution < 1.29 is 22.7 Å². The minimum Gasteiger partial charge on any atom is -0.468 e. The van der Waals surface area contributed by atoms with Crippen LogP contribution in [0, 0.1) is 0 Å². The molecule has 1 aromatic carbocycles. The van der Waals surface area contributed by atoms with Crippen molar-refractivity contribution in [3.8, 4) is 0 Å². The molecule has 1 aromatic rings. The normalized spacial score (nSPS) is 17.3. The lowest BCUT2D eigenvalue weighted by Crippen LogP contribution is -2.43. The van der Waals surface area contributed by atoms with Gasteiger partial charge in [-0.15, -0.1) is 0 Å². The summed E-state index contributed by atoms with van der Waals surface area (Å²) in [4.78, 5) is 11.1. The van der Waals surface area contributed by atoms with Crippen LogP contribution >= 0.6 is 0 Å². The molecule has 0 aromatic heterocycles. The van der Waals surface area contributed by atoms with Gasteiger partial charge >= 0.3 is 5.97 Å². The highest BCUT2D eigenvalue weighted by Gasteiger charge is 2.30. The monoisotopic (exact) mass is 327 g/mol. The molecule has 1 fully saturated rings. The molecule has 1 heterocycles. The standard InChI is InChI=1S/C15H21NO5S/c1-20-15(17)12-22(18,19)16-9-7-14(8-10-16)21-11-13-5-3-2-4-6-13/h2-6,14H,7-12H2,1H3. The van der Waals surface area contributed by atoms with E-state index in [1.54, 1.807) is 0 Å². The largest absolute Gasteiger partial charge is 0.468 e. The summed E-state index contributed by atoms with van der Waals surface area (Å²) >= 11 is 0. The summed E-state index contributed by atoms with van der Waals surface area (Å²) in [7, 11) is -2.40. The average Bonchev–Trinajstić information content (AvgIpc) is 2.54. The third-order valence-electron chi connectivity index (χ3n) is 3.65. The van der Waals surface area contributed by atoms with Crippen molar-refractivity contribution in [1.82, 2.24) is 4.31 Å². The van der Waals surface area contributed by atoms with Gasteiger partial charge in [-0.25, -0.2) is 12.7 Å². The molecular formula is C15H21NO5S. The van der Waals surface area contributed by atoms with Gasteiger partial charge in [0, 0.05) is 13.1 Å². The number of benzene rings is 1. The SMILES string of the molecule is COC(=O)CS(=O)(=O)N1CCC(OCc2ccccc2)CC1. The number of carbonyl (C=O) groups excluding carboxylic acids is 1. The molecule has 22 heavy (non-hydrogen) atoms. The van der Waals surface area contributed by atoms with E-state index in [1.807, 2.05) is 30.3 Å². The topological polar surface area (TPSA) is 72.9 Å². The summed E-state index contributed by atoms with van der Waals surface area (Å²) in [5.41, 5.74) is 1.10. The van der Waals surface area contributed by atoms with E-state index in [2.05, 4.69) is 4.74 Å². The highest BCUT2D eigenvalue weighted by atomic mass is 32.2. The Bertz CT molecular complexity index is 579. The molecule has 122 valence electrons. The van der Waals surface area contributed by atoms with Gasteiger partial charge in [-0.1, -0.05) is 30.3 Å². The number of hydrogen-bond acceptors (Lipinski definition) is 5. The fraction of sp³-hybridized carbons (Fsp3) is 0.533. The van der Waals surface area contributed by atoms with Gasteiger partial charge in [-0.05, 0) is 18.4 Å². The molecule has 2 rings (SSSR count). The van der Waals surface area contributed by atoms with Crippen molar-refractivity contribution in [3.05, 3.63) is 35.9 Å². The van der Waals surface area contributed by atoms with Crippen LogP contribution in [-0.2, 0) is 30.9 Å². The zero-order chi connectivity index (χ0) is 16.0. The number of esters is 1. The molecule has 0 spiro atoms. The third-order valence-corrected chi connectivity index (χ3v) is 5.40. The predicted molar refractivity (Wildman–Crippen MR) is 81.6 cm³/mol. The van der Waals surface area contributed by atoms with E-state index < -0.39 is 21.7 Å². The van der Waals surface area contributed by atoms with Crippen LogP contribution in [0.25, 0.3) is 0 Å². The Morgan fingerprint density at radius 3 is 2.45 bits per heavy atom. The molecule has 0 N–H and O–H groups in total. The Morgan fingerprint density at radius 1 is 1.23 bits per heavy atom. The number of hydrogen-bond donors (Lipinski definition) is 0. The molecule has 0 amide bonds. The van der Waals surface area contributed by atoms with Gasteiger partial charge in [0.15, 0.2) is 5.75 Å². The quantitative estimate of drug-likeness (QED) is 0.733. The van der Waals surface area contributed by atoms with Crippen LogP contribution in [-0.4, -0.2) is 50.7 Å². The number of rotatable bonds is 6. The molecular weight excluding hydrogens is 306 g/mol. The second kappa shape index (κ2) is 7.71. The van der Waals surface area contributed by atoms with Crippen LogP contribution in [0.5, 0.6) is 0 Å². The van der Waals surface area contributed by atoms with Crippen molar-refractivity contribution in [3.63, 3.8) is 0 Å². The van der Waals surface area contributed by atoms with Crippen LogP contribution in [0.15, 0.2) is 30.3 Å². The average molecular weight is 327 g/mol. The highest BCUT2D eigenvalue weighted by Crippen LogP contribution is 2.18. The summed E-state index contributed by atoms with van der Waals surface area (Å²) in [6.45, 7) is 1.28. The zero-order valence-electron chi connectivity index (χ0n) is 12.6. The van der Waals surface area contributed by atoms with E-state index in [1.165, 1.54) is 11.4 Å². The summed E-state index contributed by atoms with van der Waals surface area (Å²) in [6.07, 6.45) is 1.31. The molecule has 1 saturated heterocycles. The van der Waals surface area contributed by atoms with Crippen LogP contribution in [0.1, 0.15) is 18.4 Å². The van der Waals surface area contributed by atoms with Crippen LogP contribution in [0.3, 0.4) is 0 Å². The molecule has 6 nitrogen and oxygen atoms in total. The molecule has 0 bridgehead atoms. The summed E-state index contributed by atoms with van der Waals surface area (Å²) in [6, 6.07) is 9.86. The number of sulfonamides is 1. The Balaban J connectivity index is 1.79. The maximum atomic E-state index is 12.0. The van der Waals surface area contributed by atoms with Crippen LogP contribution < -0.4 is 0 Å². The van der Waals surface area contributed by atoms with E-state index in [9.17, 15) is 13.2 Å². The van der Waals surface area contributed by atoms with Crippen LogP contribution in [0.2, 0.25) is 0 Å². The molecule has 0 saturated carbocycles. The van der Waals surface area contributed by atoms with Crippen molar-refractivity contribution in [2.45, 2.75) is 25.6 Å². The lowest BCUT2D eigenvalue weighted by atomic mass is 10.1. The minimum absolute atomic E-state index is 0.0461. The first-order valence-corrected chi connectivity index (χ1v) is 8.82. The molecule has 1 aliphatic heterocycles. The number of piperidine rings is 1. The van der Waals surface area contributed by atoms with Crippen molar-refractivity contribution in [1.29, 1.82) is 0 Å². The van der Waals surface area contributed by atoms with Gasteiger partial charge in [-0.3, -0.25) is 4.79 Å². The molecule has 7 heteroatoms. The second-order valence-electron chi connectivity index (χ2n) is 5.23. The van der Waals surface area contributed by atoms with Gasteiger partial charge in [0.2, 0.25) is 10.0 Å². The van der Waals surface area contributed by atoms with E-state index in [0.717, 1.165) is 5.56 Å². The Labute approximate surface area is 131 Å². The molecule has 1 aliphatic rings. The fourth-order valence-corrected chi connectivity index (χ4v) is 3.73. The number of methoxy groups -OCH3 is 1. The van der Waals surface area contributed by atoms with Gasteiger partial charge in [-0.2, -0.15) is 0 Å². The molecule has 0 unspecified atom stereocenters. The first-order chi connectivity index (χ1) is 10.5. The second-order valence-corrected chi connectivity index (χ2v) is 7.20. The van der Waals surface area contributed by atoms with E-state index >= 15 is 0 Å². The smallest absolute Gasteiger partial charge is 0.322 e. The zero-order valence-corrected chi connectivity index (χ0v) is 13.4. The maximum Gasteiger partial charge on any atom is 0.322 e. The van der Waals surface area contributed by atoms with Gasteiger partial charge in [0.05, 0.1) is 19.8 Å². The van der Waals surface area contributed by atoms with E-state index in [-0.39, 0.29) is 6.10 Å². The van der Waals surface area contributed by atoms with E-state index in [4.69, 9.17) is 4.74 Å². The minimum atomic E-state index is -3.58. The molecule has 0 atom stereocenters.